The number of hydrogen-bond acceptors (Lipinski definition) is 3. The Kier molecular flexibility index (Phi) is 5.15. The zero-order valence-electron chi connectivity index (χ0n) is 14.0. The van der Waals surface area contributed by atoms with Crippen molar-refractivity contribution in [2.75, 3.05) is 13.6 Å². The van der Waals surface area contributed by atoms with Gasteiger partial charge in [0.1, 0.15) is 0 Å². The quantitative estimate of drug-likeness (QED) is 0.695. The van der Waals surface area contributed by atoms with E-state index in [0.29, 0.717) is 13.1 Å². The molecule has 0 fully saturated rings. The van der Waals surface area contributed by atoms with E-state index in [9.17, 15) is 4.79 Å². The lowest BCUT2D eigenvalue weighted by Gasteiger charge is -2.17. The normalized spacial score (nSPS) is 10.9. The Morgan fingerprint density at radius 2 is 2.17 bits per heavy atom. The van der Waals surface area contributed by atoms with E-state index in [1.54, 1.807) is 16.2 Å². The molecule has 6 heteroatoms. The molecule has 0 aliphatic rings. The summed E-state index contributed by atoms with van der Waals surface area (Å²) in [4.78, 5) is 19.5. The third-order valence-corrected chi connectivity index (χ3v) is 5.08. The lowest BCUT2D eigenvalue weighted by Crippen LogP contribution is -2.37. The lowest BCUT2D eigenvalue weighted by atomic mass is 10.3. The predicted molar refractivity (Wildman–Crippen MR) is 98.3 cm³/mol. The fourth-order valence-corrected chi connectivity index (χ4v) is 3.58. The highest BCUT2D eigenvalue weighted by Gasteiger charge is 2.10. The summed E-state index contributed by atoms with van der Waals surface area (Å²) in [6.45, 7) is 4.22. The van der Waals surface area contributed by atoms with E-state index in [2.05, 4.69) is 39.3 Å². The van der Waals surface area contributed by atoms with Gasteiger partial charge in [0.05, 0.1) is 23.9 Å². The monoisotopic (exact) mass is 342 g/mol. The first kappa shape index (κ1) is 16.5. The van der Waals surface area contributed by atoms with Crippen molar-refractivity contribution in [3.63, 3.8) is 0 Å². The van der Waals surface area contributed by atoms with Crippen LogP contribution >= 0.6 is 11.3 Å². The Balaban J connectivity index is 1.44. The Hall–Kier alpha value is -2.34. The van der Waals surface area contributed by atoms with Crippen LogP contribution < -0.4 is 5.32 Å². The second kappa shape index (κ2) is 7.49. The highest BCUT2D eigenvalue weighted by molar-refractivity contribution is 7.10. The maximum absolute atomic E-state index is 12.2. The Morgan fingerprint density at radius 1 is 1.33 bits per heavy atom. The molecule has 1 N–H and O–H groups in total. The van der Waals surface area contributed by atoms with Gasteiger partial charge in [-0.3, -0.25) is 0 Å². The van der Waals surface area contributed by atoms with E-state index in [0.717, 1.165) is 24.0 Å². The summed E-state index contributed by atoms with van der Waals surface area (Å²) in [6, 6.07) is 10.1. The number of hydrogen-bond donors (Lipinski definition) is 1. The number of benzene rings is 1. The first-order valence-electron chi connectivity index (χ1n) is 8.07. The number of fused-ring (bicyclic) bond motifs is 1. The molecule has 0 aliphatic carbocycles. The number of urea groups is 1. The molecular weight excluding hydrogens is 320 g/mol. The minimum absolute atomic E-state index is 0.0294. The van der Waals surface area contributed by atoms with Crippen LogP contribution in [0.25, 0.3) is 11.0 Å². The molecule has 2 amide bonds. The van der Waals surface area contributed by atoms with Crippen molar-refractivity contribution in [2.24, 2.45) is 0 Å². The van der Waals surface area contributed by atoms with Crippen molar-refractivity contribution in [3.8, 4) is 0 Å². The second-order valence-corrected chi connectivity index (χ2v) is 6.90. The Labute approximate surface area is 145 Å². The van der Waals surface area contributed by atoms with E-state index >= 15 is 0 Å². The average Bonchev–Trinajstić information content (AvgIpc) is 3.18. The number of imidazole rings is 1. The predicted octanol–water partition coefficient (Wildman–Crippen LogP) is 3.64. The number of para-hydroxylation sites is 2. The molecule has 0 spiro atoms. The van der Waals surface area contributed by atoms with E-state index in [-0.39, 0.29) is 6.03 Å². The summed E-state index contributed by atoms with van der Waals surface area (Å²) < 4.78 is 2.13. The van der Waals surface area contributed by atoms with Gasteiger partial charge in [-0.25, -0.2) is 9.78 Å². The van der Waals surface area contributed by atoms with Crippen molar-refractivity contribution in [3.05, 3.63) is 52.5 Å². The molecule has 1 aromatic carbocycles. The summed E-state index contributed by atoms with van der Waals surface area (Å²) in [7, 11) is 1.83. The molecule has 2 heterocycles. The maximum Gasteiger partial charge on any atom is 0.317 e. The number of carbonyl (C=O) groups excluding carboxylic acids is 1. The lowest BCUT2D eigenvalue weighted by molar-refractivity contribution is 0.207. The van der Waals surface area contributed by atoms with Crippen molar-refractivity contribution >= 4 is 28.4 Å². The third kappa shape index (κ3) is 3.76. The van der Waals surface area contributed by atoms with Crippen LogP contribution in [0.4, 0.5) is 4.79 Å². The molecule has 0 saturated carbocycles. The van der Waals surface area contributed by atoms with Gasteiger partial charge in [0.15, 0.2) is 0 Å². The molecule has 3 aromatic rings. The summed E-state index contributed by atoms with van der Waals surface area (Å²) in [5.41, 5.74) is 3.38. The van der Waals surface area contributed by atoms with Gasteiger partial charge in [0, 0.05) is 25.0 Å². The largest absolute Gasteiger partial charge is 0.338 e. The first-order valence-corrected chi connectivity index (χ1v) is 8.95. The van der Waals surface area contributed by atoms with Crippen LogP contribution in [0.2, 0.25) is 0 Å². The summed E-state index contributed by atoms with van der Waals surface area (Å²) in [6.07, 6.45) is 2.73. The minimum Gasteiger partial charge on any atom is -0.338 e. The highest BCUT2D eigenvalue weighted by atomic mass is 32.1. The molecule has 2 aromatic heterocycles. The van der Waals surface area contributed by atoms with E-state index in [1.807, 2.05) is 31.6 Å². The fraction of sp³-hybridized carbons (Fsp3) is 0.333. The van der Waals surface area contributed by atoms with Crippen molar-refractivity contribution in [1.82, 2.24) is 19.8 Å². The van der Waals surface area contributed by atoms with Crippen LogP contribution in [-0.4, -0.2) is 34.1 Å². The fourth-order valence-electron chi connectivity index (χ4n) is 2.62. The standard InChI is InChI=1S/C18H22N4OS/c1-14-8-11-24-17(14)12-21(2)18(23)19-9-5-10-22-13-20-15-6-3-4-7-16(15)22/h3-4,6-8,11,13H,5,9-10,12H2,1-2H3,(H,19,23). The van der Waals surface area contributed by atoms with Gasteiger partial charge in [-0.05, 0) is 42.5 Å². The second-order valence-electron chi connectivity index (χ2n) is 5.90. The zero-order chi connectivity index (χ0) is 16.9. The maximum atomic E-state index is 12.2. The number of aromatic nitrogens is 2. The van der Waals surface area contributed by atoms with Crippen LogP contribution in [0, 0.1) is 6.92 Å². The topological polar surface area (TPSA) is 50.2 Å². The van der Waals surface area contributed by atoms with Gasteiger partial charge >= 0.3 is 6.03 Å². The molecular formula is C18H22N4OS. The first-order chi connectivity index (χ1) is 11.6. The van der Waals surface area contributed by atoms with Crippen molar-refractivity contribution in [1.29, 1.82) is 0 Å². The highest BCUT2D eigenvalue weighted by Crippen LogP contribution is 2.17. The summed E-state index contributed by atoms with van der Waals surface area (Å²) in [5.74, 6) is 0. The molecule has 0 bridgehead atoms. The smallest absolute Gasteiger partial charge is 0.317 e. The van der Waals surface area contributed by atoms with Crippen LogP contribution in [-0.2, 0) is 13.1 Å². The minimum atomic E-state index is -0.0294. The summed E-state index contributed by atoms with van der Waals surface area (Å²) >= 11 is 1.69. The van der Waals surface area contributed by atoms with Crippen LogP contribution in [0.5, 0.6) is 0 Å². The molecule has 3 rings (SSSR count). The number of nitrogens with one attached hydrogen (secondary N) is 1. The van der Waals surface area contributed by atoms with Gasteiger partial charge in [-0.15, -0.1) is 11.3 Å². The van der Waals surface area contributed by atoms with Crippen LogP contribution in [0.1, 0.15) is 16.9 Å². The number of carbonyl (C=O) groups is 1. The molecule has 0 aliphatic heterocycles. The molecule has 126 valence electrons. The zero-order valence-corrected chi connectivity index (χ0v) is 14.8. The van der Waals surface area contributed by atoms with Crippen molar-refractivity contribution < 1.29 is 4.79 Å². The molecule has 24 heavy (non-hydrogen) atoms. The number of rotatable bonds is 6. The third-order valence-electron chi connectivity index (χ3n) is 4.08. The Morgan fingerprint density at radius 3 is 2.96 bits per heavy atom. The Bertz CT molecular complexity index is 823. The molecule has 5 nitrogen and oxygen atoms in total. The average molecular weight is 342 g/mol. The van der Waals surface area contributed by atoms with Gasteiger partial charge in [-0.1, -0.05) is 12.1 Å². The SMILES string of the molecule is Cc1ccsc1CN(C)C(=O)NCCCn1cnc2ccccc21. The van der Waals surface area contributed by atoms with E-state index < -0.39 is 0 Å². The summed E-state index contributed by atoms with van der Waals surface area (Å²) in [5, 5.41) is 5.04. The number of thiophene rings is 1. The van der Waals surface area contributed by atoms with Gasteiger partial charge < -0.3 is 14.8 Å². The van der Waals surface area contributed by atoms with E-state index in [4.69, 9.17) is 0 Å². The molecule has 0 unspecified atom stereocenters. The van der Waals surface area contributed by atoms with E-state index in [1.165, 1.54) is 10.4 Å². The van der Waals surface area contributed by atoms with Gasteiger partial charge in [0.25, 0.3) is 0 Å². The number of aryl methyl sites for hydroxylation is 2. The number of nitrogens with zero attached hydrogens (tertiary/aromatic N) is 3. The van der Waals surface area contributed by atoms with Crippen molar-refractivity contribution in [2.45, 2.75) is 26.4 Å². The van der Waals surface area contributed by atoms with Gasteiger partial charge in [0.2, 0.25) is 0 Å². The van der Waals surface area contributed by atoms with Gasteiger partial charge in [-0.2, -0.15) is 0 Å². The molecule has 0 radical (unpaired) electrons. The van der Waals surface area contributed by atoms with Crippen LogP contribution in [0.15, 0.2) is 42.0 Å². The molecule has 0 atom stereocenters. The molecule has 0 saturated heterocycles. The van der Waals surface area contributed by atoms with Crippen LogP contribution in [0.3, 0.4) is 0 Å². The number of amides is 2.